The van der Waals surface area contributed by atoms with Gasteiger partial charge in [0.15, 0.2) is 12.1 Å². The quantitative estimate of drug-likeness (QED) is 0.786. The van der Waals surface area contributed by atoms with Crippen molar-refractivity contribution in [3.8, 4) is 17.1 Å². The molecule has 0 saturated heterocycles. The summed E-state index contributed by atoms with van der Waals surface area (Å²) in [5.41, 5.74) is 2.26. The van der Waals surface area contributed by atoms with Crippen molar-refractivity contribution in [2.24, 2.45) is 4.99 Å². The molecular formula is C13H11BrN4OS. The summed E-state index contributed by atoms with van der Waals surface area (Å²) in [5, 5.41) is 9.03. The highest BCUT2D eigenvalue weighted by Crippen LogP contribution is 2.37. The Labute approximate surface area is 129 Å². The van der Waals surface area contributed by atoms with E-state index in [1.807, 2.05) is 18.2 Å². The van der Waals surface area contributed by atoms with E-state index in [2.05, 4.69) is 43.0 Å². The minimum absolute atomic E-state index is 0.444. The first-order chi connectivity index (χ1) is 9.78. The molecule has 3 rings (SSSR count). The lowest BCUT2D eigenvalue weighted by Gasteiger charge is -2.06. The molecular weight excluding hydrogens is 340 g/mol. The summed E-state index contributed by atoms with van der Waals surface area (Å²) in [6.45, 7) is 2.11. The lowest BCUT2D eigenvalue weighted by Crippen LogP contribution is -2.00. The third-order valence-corrected chi connectivity index (χ3v) is 4.18. The van der Waals surface area contributed by atoms with E-state index in [-0.39, 0.29) is 0 Å². The van der Waals surface area contributed by atoms with Crippen LogP contribution in [0.25, 0.3) is 11.3 Å². The predicted molar refractivity (Wildman–Crippen MR) is 82.8 cm³/mol. The van der Waals surface area contributed by atoms with Crippen LogP contribution in [0.5, 0.6) is 5.88 Å². The maximum atomic E-state index is 5.46. The van der Waals surface area contributed by atoms with Crippen LogP contribution < -0.4 is 4.74 Å². The van der Waals surface area contributed by atoms with Crippen molar-refractivity contribution in [3.05, 3.63) is 22.7 Å². The minimum Gasteiger partial charge on any atom is -0.425 e. The van der Waals surface area contributed by atoms with Crippen LogP contribution in [0.3, 0.4) is 0 Å². The van der Waals surface area contributed by atoms with E-state index >= 15 is 0 Å². The summed E-state index contributed by atoms with van der Waals surface area (Å²) in [5.74, 6) is 1.40. The van der Waals surface area contributed by atoms with Gasteiger partial charge in [0.2, 0.25) is 5.16 Å². The van der Waals surface area contributed by atoms with Gasteiger partial charge >= 0.3 is 0 Å². The van der Waals surface area contributed by atoms with Crippen LogP contribution in [0.4, 0.5) is 5.69 Å². The average molecular weight is 351 g/mol. The van der Waals surface area contributed by atoms with Gasteiger partial charge in [-0.25, -0.2) is 4.99 Å². The highest BCUT2D eigenvalue weighted by molar-refractivity contribution is 9.10. The monoisotopic (exact) mass is 350 g/mol. The first-order valence-electron chi connectivity index (χ1n) is 6.14. The van der Waals surface area contributed by atoms with Gasteiger partial charge in [-0.3, -0.25) is 0 Å². The third-order valence-electron chi connectivity index (χ3n) is 2.64. The summed E-state index contributed by atoms with van der Waals surface area (Å²) in [6, 6.07) is 5.76. The lowest BCUT2D eigenvalue weighted by atomic mass is 10.1. The van der Waals surface area contributed by atoms with Crippen LogP contribution in [0.1, 0.15) is 13.3 Å². The van der Waals surface area contributed by atoms with Crippen molar-refractivity contribution in [3.63, 3.8) is 0 Å². The van der Waals surface area contributed by atoms with Gasteiger partial charge in [0, 0.05) is 15.8 Å². The van der Waals surface area contributed by atoms with E-state index < -0.39 is 0 Å². The number of fused-ring (bicyclic) bond motifs is 3. The van der Waals surface area contributed by atoms with Gasteiger partial charge in [-0.15, -0.1) is 10.2 Å². The second-order valence-electron chi connectivity index (χ2n) is 4.11. The molecule has 20 heavy (non-hydrogen) atoms. The first-order valence-corrected chi connectivity index (χ1v) is 7.92. The molecule has 5 nitrogen and oxygen atoms in total. The molecule has 0 N–H and O–H groups in total. The Hall–Kier alpha value is -1.47. The zero-order valence-electron chi connectivity index (χ0n) is 10.7. The lowest BCUT2D eigenvalue weighted by molar-refractivity contribution is 0.533. The largest absolute Gasteiger partial charge is 0.425 e. The standard InChI is InChI=1S/C13H11BrN4OS/c1-2-5-20-13-16-12-11(17-18-13)9-6-8(14)3-4-10(9)15-7-19-12/h3-4,6-7H,2,5H2,1H3. The molecule has 1 aliphatic heterocycles. The number of aromatic nitrogens is 3. The molecule has 0 saturated carbocycles. The number of thioether (sulfide) groups is 1. The second-order valence-corrected chi connectivity index (χ2v) is 6.09. The van der Waals surface area contributed by atoms with Crippen LogP contribution in [0.2, 0.25) is 0 Å². The molecule has 0 spiro atoms. The second kappa shape index (κ2) is 5.88. The van der Waals surface area contributed by atoms with E-state index in [0.29, 0.717) is 16.7 Å². The van der Waals surface area contributed by atoms with Gasteiger partial charge in [0.25, 0.3) is 5.88 Å². The molecule has 1 aromatic heterocycles. The smallest absolute Gasteiger partial charge is 0.251 e. The number of rotatable bonds is 3. The van der Waals surface area contributed by atoms with Crippen molar-refractivity contribution in [2.45, 2.75) is 18.5 Å². The van der Waals surface area contributed by atoms with Crippen molar-refractivity contribution in [2.75, 3.05) is 5.75 Å². The fourth-order valence-corrected chi connectivity index (χ4v) is 2.74. The molecule has 7 heteroatoms. The van der Waals surface area contributed by atoms with Crippen LogP contribution in [0, 0.1) is 0 Å². The Morgan fingerprint density at radius 2 is 2.20 bits per heavy atom. The zero-order chi connectivity index (χ0) is 13.9. The van der Waals surface area contributed by atoms with E-state index in [0.717, 1.165) is 27.9 Å². The van der Waals surface area contributed by atoms with Gasteiger partial charge in [-0.05, 0) is 24.6 Å². The van der Waals surface area contributed by atoms with Gasteiger partial charge in [0.05, 0.1) is 5.69 Å². The van der Waals surface area contributed by atoms with Gasteiger partial charge in [-0.1, -0.05) is 34.6 Å². The van der Waals surface area contributed by atoms with E-state index in [1.54, 1.807) is 11.8 Å². The van der Waals surface area contributed by atoms with Crippen LogP contribution in [-0.2, 0) is 0 Å². The summed E-state index contributed by atoms with van der Waals surface area (Å²) < 4.78 is 6.41. The number of hydrogen-bond acceptors (Lipinski definition) is 6. The predicted octanol–water partition coefficient (Wildman–Crippen LogP) is 3.86. The topological polar surface area (TPSA) is 60.3 Å². The van der Waals surface area contributed by atoms with E-state index in [9.17, 15) is 0 Å². The van der Waals surface area contributed by atoms with Crippen LogP contribution >= 0.6 is 27.7 Å². The third kappa shape index (κ3) is 2.69. The highest BCUT2D eigenvalue weighted by atomic mass is 79.9. The van der Waals surface area contributed by atoms with E-state index in [1.165, 1.54) is 6.40 Å². The Bertz CT molecular complexity index is 677. The Kier molecular flexibility index (Phi) is 3.98. The minimum atomic E-state index is 0.444. The highest BCUT2D eigenvalue weighted by Gasteiger charge is 2.18. The molecule has 1 aromatic carbocycles. The molecule has 0 radical (unpaired) electrons. The molecule has 1 aliphatic rings. The number of halogens is 1. The van der Waals surface area contributed by atoms with Crippen molar-refractivity contribution >= 4 is 39.8 Å². The number of nitrogens with zero attached hydrogens (tertiary/aromatic N) is 4. The van der Waals surface area contributed by atoms with Gasteiger partial charge < -0.3 is 4.74 Å². The fraction of sp³-hybridized carbons (Fsp3) is 0.231. The molecule has 0 fully saturated rings. The number of hydrogen-bond donors (Lipinski definition) is 0. The SMILES string of the molecule is CCCSc1nnc2c(n1)OC=Nc1ccc(Br)cc1-2. The maximum Gasteiger partial charge on any atom is 0.251 e. The summed E-state index contributed by atoms with van der Waals surface area (Å²) in [6.07, 6.45) is 2.45. The fourth-order valence-electron chi connectivity index (χ4n) is 1.75. The number of ether oxygens (including phenoxy) is 1. The van der Waals surface area contributed by atoms with Crippen molar-refractivity contribution < 1.29 is 4.74 Å². The summed E-state index contributed by atoms with van der Waals surface area (Å²) >= 11 is 5.02. The Morgan fingerprint density at radius 1 is 1.30 bits per heavy atom. The Balaban J connectivity index is 2.06. The molecule has 2 aromatic rings. The van der Waals surface area contributed by atoms with Crippen LogP contribution in [0.15, 0.2) is 32.8 Å². The van der Waals surface area contributed by atoms with Gasteiger partial charge in [0.1, 0.15) is 0 Å². The van der Waals surface area contributed by atoms with Crippen molar-refractivity contribution in [1.29, 1.82) is 0 Å². The normalized spacial score (nSPS) is 12.3. The molecule has 0 unspecified atom stereocenters. The molecule has 0 atom stereocenters. The first kappa shape index (κ1) is 13.5. The molecule has 102 valence electrons. The molecule has 0 aliphatic carbocycles. The summed E-state index contributed by atoms with van der Waals surface area (Å²) in [4.78, 5) is 8.65. The van der Waals surface area contributed by atoms with Crippen molar-refractivity contribution in [1.82, 2.24) is 15.2 Å². The molecule has 0 bridgehead atoms. The van der Waals surface area contributed by atoms with E-state index in [4.69, 9.17) is 4.74 Å². The number of aliphatic imine (C=N–C) groups is 1. The average Bonchev–Trinajstić information content (AvgIpc) is 2.63. The maximum absolute atomic E-state index is 5.46. The molecule has 0 amide bonds. The van der Waals surface area contributed by atoms with Gasteiger partial charge in [-0.2, -0.15) is 4.98 Å². The molecule has 2 heterocycles. The Morgan fingerprint density at radius 3 is 3.05 bits per heavy atom. The number of benzene rings is 1. The van der Waals surface area contributed by atoms with Crippen LogP contribution in [-0.4, -0.2) is 27.3 Å². The zero-order valence-corrected chi connectivity index (χ0v) is 13.1. The summed E-state index contributed by atoms with van der Waals surface area (Å²) in [7, 11) is 0.